The molecule has 0 saturated heterocycles. The lowest BCUT2D eigenvalue weighted by atomic mass is 9.93. The Morgan fingerprint density at radius 3 is 2.56 bits per heavy atom. The van der Waals surface area contributed by atoms with Gasteiger partial charge in [0.1, 0.15) is 17.2 Å². The Balaban J connectivity index is 1.61. The van der Waals surface area contributed by atoms with Crippen molar-refractivity contribution in [3.05, 3.63) is 46.0 Å². The molecule has 34 heavy (non-hydrogen) atoms. The minimum absolute atomic E-state index is 0.0196. The van der Waals surface area contributed by atoms with E-state index in [9.17, 15) is 9.90 Å². The number of aromatic hydroxyl groups is 1. The number of anilines is 2. The summed E-state index contributed by atoms with van der Waals surface area (Å²) < 4.78 is 6.19. The second-order valence-electron chi connectivity index (χ2n) is 9.19. The summed E-state index contributed by atoms with van der Waals surface area (Å²) >= 11 is 6.62. The van der Waals surface area contributed by atoms with Gasteiger partial charge >= 0.3 is 0 Å². The summed E-state index contributed by atoms with van der Waals surface area (Å²) in [5, 5.41) is 30.7. The van der Waals surface area contributed by atoms with Crippen molar-refractivity contribution >= 4 is 29.1 Å². The zero-order chi connectivity index (χ0) is 24.4. The zero-order valence-electron chi connectivity index (χ0n) is 19.6. The SMILES string of the molecule is CC(C)C(NC(=O)c1cc(Oc2c(Cl)cc(Nc3nnn[nH]3)c3c2CCC3)ccc1O)C(C)C. The third-order valence-corrected chi connectivity index (χ3v) is 6.35. The quantitative estimate of drug-likeness (QED) is 0.354. The summed E-state index contributed by atoms with van der Waals surface area (Å²) in [7, 11) is 0. The van der Waals surface area contributed by atoms with Crippen LogP contribution in [0.15, 0.2) is 24.3 Å². The van der Waals surface area contributed by atoms with E-state index in [1.54, 1.807) is 18.2 Å². The third kappa shape index (κ3) is 4.94. The van der Waals surface area contributed by atoms with E-state index in [1.165, 1.54) is 6.07 Å². The van der Waals surface area contributed by atoms with Crippen LogP contribution in [0.3, 0.4) is 0 Å². The fourth-order valence-electron chi connectivity index (χ4n) is 4.49. The number of aromatic amines is 1. The summed E-state index contributed by atoms with van der Waals surface area (Å²) in [6.45, 7) is 8.24. The molecule has 0 bridgehead atoms. The van der Waals surface area contributed by atoms with Gasteiger partial charge in [-0.15, -0.1) is 0 Å². The Morgan fingerprint density at radius 2 is 1.88 bits per heavy atom. The van der Waals surface area contributed by atoms with Gasteiger partial charge in [-0.3, -0.25) is 4.79 Å². The van der Waals surface area contributed by atoms with Gasteiger partial charge in [0.2, 0.25) is 5.95 Å². The van der Waals surface area contributed by atoms with Crippen molar-refractivity contribution in [2.45, 2.75) is 53.0 Å². The van der Waals surface area contributed by atoms with Crippen molar-refractivity contribution in [1.82, 2.24) is 25.9 Å². The molecule has 0 radical (unpaired) electrons. The van der Waals surface area contributed by atoms with Crippen LogP contribution in [0.5, 0.6) is 17.2 Å². The lowest BCUT2D eigenvalue weighted by Gasteiger charge is -2.26. The standard InChI is InChI=1S/C24H29ClN6O3/c1-12(2)21(13(3)4)27-23(33)17-10-14(8-9-20(17)32)34-22-16-7-5-6-15(16)19(11-18(22)25)26-24-28-30-31-29-24/h8-13,21,32H,5-7H2,1-4H3,(H,27,33)(H2,26,28,29,30,31). The number of amides is 1. The number of fused-ring (bicyclic) bond motifs is 1. The first-order valence-electron chi connectivity index (χ1n) is 11.4. The van der Waals surface area contributed by atoms with Crippen LogP contribution in [0.2, 0.25) is 5.02 Å². The maximum absolute atomic E-state index is 13.0. The molecule has 4 N–H and O–H groups in total. The first-order chi connectivity index (χ1) is 16.2. The molecule has 0 atom stereocenters. The van der Waals surface area contributed by atoms with E-state index in [-0.39, 0.29) is 35.1 Å². The Morgan fingerprint density at radius 1 is 1.15 bits per heavy atom. The highest BCUT2D eigenvalue weighted by Crippen LogP contribution is 2.44. The van der Waals surface area contributed by atoms with Crippen molar-refractivity contribution in [2.24, 2.45) is 11.8 Å². The van der Waals surface area contributed by atoms with E-state index in [1.807, 2.05) is 0 Å². The summed E-state index contributed by atoms with van der Waals surface area (Å²) in [5.74, 6) is 1.46. The highest BCUT2D eigenvalue weighted by atomic mass is 35.5. The average molecular weight is 485 g/mol. The summed E-state index contributed by atoms with van der Waals surface area (Å²) in [4.78, 5) is 13.0. The second-order valence-corrected chi connectivity index (χ2v) is 9.60. The number of nitrogens with one attached hydrogen (secondary N) is 3. The molecule has 10 heteroatoms. The Hall–Kier alpha value is -3.33. The van der Waals surface area contributed by atoms with Crippen LogP contribution in [-0.2, 0) is 12.8 Å². The maximum atomic E-state index is 13.0. The summed E-state index contributed by atoms with van der Waals surface area (Å²) in [6, 6.07) is 6.40. The average Bonchev–Trinajstić information content (AvgIpc) is 3.47. The Bertz CT molecular complexity index is 1170. The summed E-state index contributed by atoms with van der Waals surface area (Å²) in [6.07, 6.45) is 2.64. The Kier molecular flexibility index (Phi) is 6.92. The molecule has 1 heterocycles. The number of phenolic OH excluding ortho intramolecular Hbond substituents is 1. The second kappa shape index (κ2) is 9.89. The largest absolute Gasteiger partial charge is 0.507 e. The van der Waals surface area contributed by atoms with Gasteiger partial charge in [0.05, 0.1) is 10.6 Å². The topological polar surface area (TPSA) is 125 Å². The number of hydrogen-bond acceptors (Lipinski definition) is 7. The fraction of sp³-hybridized carbons (Fsp3) is 0.417. The van der Waals surface area contributed by atoms with Crippen molar-refractivity contribution < 1.29 is 14.6 Å². The highest BCUT2D eigenvalue weighted by Gasteiger charge is 2.25. The van der Waals surface area contributed by atoms with Gasteiger partial charge in [0.25, 0.3) is 5.91 Å². The number of hydrogen-bond donors (Lipinski definition) is 4. The molecule has 180 valence electrons. The number of H-pyrrole nitrogens is 1. The van der Waals surface area contributed by atoms with Crippen molar-refractivity contribution in [3.63, 3.8) is 0 Å². The number of rotatable bonds is 8. The van der Waals surface area contributed by atoms with E-state index in [0.717, 1.165) is 36.1 Å². The molecule has 4 rings (SSSR count). The number of ether oxygens (including phenoxy) is 1. The third-order valence-electron chi connectivity index (χ3n) is 6.07. The minimum Gasteiger partial charge on any atom is -0.507 e. The van der Waals surface area contributed by atoms with Crippen molar-refractivity contribution in [1.29, 1.82) is 0 Å². The lowest BCUT2D eigenvalue weighted by molar-refractivity contribution is 0.0907. The van der Waals surface area contributed by atoms with Crippen LogP contribution in [0.1, 0.15) is 55.6 Å². The van der Waals surface area contributed by atoms with Crippen LogP contribution in [0.25, 0.3) is 0 Å². The first kappa shape index (κ1) is 23.8. The maximum Gasteiger partial charge on any atom is 0.255 e. The number of carbonyl (C=O) groups excluding carboxylic acids is 1. The predicted octanol–water partition coefficient (Wildman–Crippen LogP) is 4.99. The van der Waals surface area contributed by atoms with Crippen molar-refractivity contribution in [3.8, 4) is 17.2 Å². The van der Waals surface area contributed by atoms with Gasteiger partial charge in [-0.1, -0.05) is 44.4 Å². The molecule has 0 unspecified atom stereocenters. The van der Waals surface area contributed by atoms with Crippen LogP contribution < -0.4 is 15.4 Å². The molecule has 0 spiro atoms. The smallest absolute Gasteiger partial charge is 0.255 e. The van der Waals surface area contributed by atoms with Gasteiger partial charge in [-0.05, 0) is 71.4 Å². The molecular weight excluding hydrogens is 456 g/mol. The number of nitrogens with zero attached hydrogens (tertiary/aromatic N) is 3. The first-order valence-corrected chi connectivity index (χ1v) is 11.8. The molecular formula is C24H29ClN6O3. The van der Waals surface area contributed by atoms with E-state index < -0.39 is 0 Å². The van der Waals surface area contributed by atoms with Crippen molar-refractivity contribution in [2.75, 3.05) is 5.32 Å². The molecule has 2 aromatic carbocycles. The van der Waals surface area contributed by atoms with Crippen LogP contribution in [-0.4, -0.2) is 37.7 Å². The molecule has 0 saturated carbocycles. The minimum atomic E-state index is -0.341. The summed E-state index contributed by atoms with van der Waals surface area (Å²) in [5.41, 5.74) is 3.07. The monoisotopic (exact) mass is 484 g/mol. The number of carbonyl (C=O) groups is 1. The van der Waals surface area contributed by atoms with E-state index in [2.05, 4.69) is 59.0 Å². The predicted molar refractivity (Wildman–Crippen MR) is 130 cm³/mol. The highest BCUT2D eigenvalue weighted by molar-refractivity contribution is 6.32. The van der Waals surface area contributed by atoms with Crippen LogP contribution in [0, 0.1) is 11.8 Å². The molecule has 3 aromatic rings. The van der Waals surface area contributed by atoms with E-state index in [4.69, 9.17) is 16.3 Å². The number of benzene rings is 2. The van der Waals surface area contributed by atoms with Crippen LogP contribution in [0.4, 0.5) is 11.6 Å². The van der Waals surface area contributed by atoms with Gasteiger partial charge in [-0.25, -0.2) is 5.10 Å². The molecule has 0 aliphatic heterocycles. The normalized spacial score (nSPS) is 12.9. The lowest BCUT2D eigenvalue weighted by Crippen LogP contribution is -2.42. The number of phenols is 1. The van der Waals surface area contributed by atoms with E-state index >= 15 is 0 Å². The number of tetrazole rings is 1. The zero-order valence-corrected chi connectivity index (χ0v) is 20.4. The van der Waals surface area contributed by atoms with Gasteiger partial charge in [-0.2, -0.15) is 0 Å². The Labute approximate surface area is 203 Å². The molecule has 1 aliphatic rings. The van der Waals surface area contributed by atoms with Gasteiger partial charge in [0, 0.05) is 17.3 Å². The molecule has 1 aromatic heterocycles. The number of halogens is 1. The number of aromatic nitrogens is 4. The van der Waals surface area contributed by atoms with Crippen LogP contribution >= 0.6 is 11.6 Å². The van der Waals surface area contributed by atoms with E-state index in [0.29, 0.717) is 22.5 Å². The van der Waals surface area contributed by atoms with Gasteiger partial charge < -0.3 is 20.5 Å². The molecule has 1 amide bonds. The molecule has 9 nitrogen and oxygen atoms in total. The van der Waals surface area contributed by atoms with Gasteiger partial charge in [0.15, 0.2) is 0 Å². The fourth-order valence-corrected chi connectivity index (χ4v) is 4.75. The molecule has 0 fully saturated rings. The molecule has 1 aliphatic carbocycles.